The van der Waals surface area contributed by atoms with Crippen LogP contribution < -0.4 is 10.1 Å². The van der Waals surface area contributed by atoms with Gasteiger partial charge in [0.15, 0.2) is 0 Å². The Labute approximate surface area is 153 Å². The molecule has 0 spiro atoms. The van der Waals surface area contributed by atoms with Gasteiger partial charge in [0.1, 0.15) is 5.75 Å². The van der Waals surface area contributed by atoms with E-state index in [2.05, 4.69) is 10.4 Å². The summed E-state index contributed by atoms with van der Waals surface area (Å²) in [4.78, 5) is 12.1. The van der Waals surface area contributed by atoms with Gasteiger partial charge in [-0.05, 0) is 42.0 Å². The minimum absolute atomic E-state index is 0.00821. The number of hydrogen-bond acceptors (Lipinski definition) is 3. The number of anilines is 1. The molecule has 3 rings (SSSR count). The van der Waals surface area contributed by atoms with Crippen LogP contribution in [0.15, 0.2) is 60.9 Å². The van der Waals surface area contributed by atoms with Gasteiger partial charge in [-0.25, -0.2) is 4.68 Å². The maximum absolute atomic E-state index is 12.1. The lowest BCUT2D eigenvalue weighted by atomic mass is 9.95. The summed E-state index contributed by atoms with van der Waals surface area (Å²) in [7, 11) is 1.65. The predicted molar refractivity (Wildman–Crippen MR) is 104 cm³/mol. The van der Waals surface area contributed by atoms with Crippen molar-refractivity contribution in [3.05, 3.63) is 60.9 Å². The van der Waals surface area contributed by atoms with Crippen LogP contribution in [-0.4, -0.2) is 22.8 Å². The Morgan fingerprint density at radius 1 is 1.00 bits per heavy atom. The number of rotatable bonds is 4. The standard InChI is InChI=1S/C21H23N3O2/c1-21(2,3)20(25)23-17-7-9-18(10-8-17)24-14-16(13-22-24)15-5-11-19(26-4)12-6-15/h5-14H,1-4H3,(H,23,25). The summed E-state index contributed by atoms with van der Waals surface area (Å²) < 4.78 is 7.00. The Bertz CT molecular complexity index is 888. The minimum atomic E-state index is -0.423. The Balaban J connectivity index is 1.75. The van der Waals surface area contributed by atoms with Crippen molar-refractivity contribution in [1.29, 1.82) is 0 Å². The van der Waals surface area contributed by atoms with Crippen LogP contribution in [0.5, 0.6) is 5.75 Å². The summed E-state index contributed by atoms with van der Waals surface area (Å²) in [5, 5.41) is 7.36. The van der Waals surface area contributed by atoms with Crippen LogP contribution >= 0.6 is 0 Å². The van der Waals surface area contributed by atoms with Crippen molar-refractivity contribution in [2.24, 2.45) is 5.41 Å². The first kappa shape index (κ1) is 17.7. The van der Waals surface area contributed by atoms with Crippen LogP contribution in [0, 0.1) is 5.41 Å². The molecule has 134 valence electrons. The first-order chi connectivity index (χ1) is 12.4. The molecule has 1 aromatic heterocycles. The molecule has 26 heavy (non-hydrogen) atoms. The second-order valence-corrected chi connectivity index (χ2v) is 7.15. The molecule has 1 N–H and O–H groups in total. The number of benzene rings is 2. The largest absolute Gasteiger partial charge is 0.497 e. The molecule has 1 amide bonds. The highest BCUT2D eigenvalue weighted by molar-refractivity contribution is 5.94. The molecular formula is C21H23N3O2. The smallest absolute Gasteiger partial charge is 0.229 e. The average Bonchev–Trinajstić information content (AvgIpc) is 3.12. The van der Waals surface area contributed by atoms with Gasteiger partial charge in [-0.1, -0.05) is 32.9 Å². The van der Waals surface area contributed by atoms with Gasteiger partial charge in [-0.2, -0.15) is 5.10 Å². The lowest BCUT2D eigenvalue weighted by molar-refractivity contribution is -0.123. The minimum Gasteiger partial charge on any atom is -0.497 e. The zero-order valence-electron chi connectivity index (χ0n) is 15.5. The fraction of sp³-hybridized carbons (Fsp3) is 0.238. The van der Waals surface area contributed by atoms with Crippen LogP contribution in [-0.2, 0) is 4.79 Å². The third kappa shape index (κ3) is 3.94. The second kappa shape index (κ2) is 7.04. The lowest BCUT2D eigenvalue weighted by Gasteiger charge is -2.17. The van der Waals surface area contributed by atoms with Crippen molar-refractivity contribution in [3.8, 4) is 22.6 Å². The number of carbonyl (C=O) groups is 1. The molecule has 0 saturated heterocycles. The fourth-order valence-electron chi connectivity index (χ4n) is 2.41. The van der Waals surface area contributed by atoms with Crippen molar-refractivity contribution in [2.75, 3.05) is 12.4 Å². The van der Waals surface area contributed by atoms with Gasteiger partial charge in [0.25, 0.3) is 0 Å². The van der Waals surface area contributed by atoms with E-state index in [9.17, 15) is 4.79 Å². The topological polar surface area (TPSA) is 56.1 Å². The molecule has 0 aliphatic rings. The second-order valence-electron chi connectivity index (χ2n) is 7.15. The third-order valence-corrected chi connectivity index (χ3v) is 4.08. The Kier molecular flexibility index (Phi) is 4.80. The molecule has 0 aliphatic heterocycles. The van der Waals surface area contributed by atoms with E-state index in [1.54, 1.807) is 7.11 Å². The number of nitrogens with one attached hydrogen (secondary N) is 1. The van der Waals surface area contributed by atoms with Gasteiger partial charge < -0.3 is 10.1 Å². The van der Waals surface area contributed by atoms with Crippen molar-refractivity contribution < 1.29 is 9.53 Å². The Hall–Kier alpha value is -3.08. The maximum Gasteiger partial charge on any atom is 0.229 e. The van der Waals surface area contributed by atoms with Crippen LogP contribution in [0.2, 0.25) is 0 Å². The summed E-state index contributed by atoms with van der Waals surface area (Å²) in [6.45, 7) is 5.67. The number of nitrogens with zero attached hydrogens (tertiary/aromatic N) is 2. The Morgan fingerprint density at radius 3 is 2.23 bits per heavy atom. The third-order valence-electron chi connectivity index (χ3n) is 4.08. The zero-order chi connectivity index (χ0) is 18.7. The molecule has 5 heteroatoms. The summed E-state index contributed by atoms with van der Waals surface area (Å²) in [5.41, 5.74) is 3.38. The summed E-state index contributed by atoms with van der Waals surface area (Å²) in [6.07, 6.45) is 3.81. The molecule has 0 atom stereocenters. The van der Waals surface area contributed by atoms with E-state index in [1.807, 2.05) is 86.4 Å². The predicted octanol–water partition coefficient (Wildman–Crippen LogP) is 4.53. The van der Waals surface area contributed by atoms with E-state index >= 15 is 0 Å². The number of carbonyl (C=O) groups excluding carboxylic acids is 1. The van der Waals surface area contributed by atoms with Crippen LogP contribution in [0.1, 0.15) is 20.8 Å². The molecule has 0 aliphatic carbocycles. The van der Waals surface area contributed by atoms with Crippen molar-refractivity contribution >= 4 is 11.6 Å². The highest BCUT2D eigenvalue weighted by Crippen LogP contribution is 2.23. The van der Waals surface area contributed by atoms with Gasteiger partial charge in [0, 0.05) is 22.9 Å². The molecule has 0 fully saturated rings. The van der Waals surface area contributed by atoms with Gasteiger partial charge in [-0.3, -0.25) is 4.79 Å². The lowest BCUT2D eigenvalue weighted by Crippen LogP contribution is -2.27. The maximum atomic E-state index is 12.1. The van der Waals surface area contributed by atoms with E-state index in [0.29, 0.717) is 0 Å². The first-order valence-electron chi connectivity index (χ1n) is 8.48. The fourth-order valence-corrected chi connectivity index (χ4v) is 2.41. The summed E-state index contributed by atoms with van der Waals surface area (Å²) in [5.74, 6) is 0.820. The van der Waals surface area contributed by atoms with Crippen molar-refractivity contribution in [3.63, 3.8) is 0 Å². The molecule has 0 radical (unpaired) electrons. The van der Waals surface area contributed by atoms with E-state index in [-0.39, 0.29) is 5.91 Å². The summed E-state index contributed by atoms with van der Waals surface area (Å²) in [6, 6.07) is 15.5. The van der Waals surface area contributed by atoms with Crippen LogP contribution in [0.4, 0.5) is 5.69 Å². The van der Waals surface area contributed by atoms with Crippen molar-refractivity contribution in [2.45, 2.75) is 20.8 Å². The molecule has 0 saturated carbocycles. The van der Waals surface area contributed by atoms with Gasteiger partial charge in [-0.15, -0.1) is 0 Å². The molecular weight excluding hydrogens is 326 g/mol. The van der Waals surface area contributed by atoms with E-state index in [4.69, 9.17) is 4.74 Å². The highest BCUT2D eigenvalue weighted by atomic mass is 16.5. The molecule has 1 heterocycles. The Morgan fingerprint density at radius 2 is 1.65 bits per heavy atom. The van der Waals surface area contributed by atoms with E-state index < -0.39 is 5.41 Å². The first-order valence-corrected chi connectivity index (χ1v) is 8.48. The quantitative estimate of drug-likeness (QED) is 0.753. The molecule has 0 bridgehead atoms. The average molecular weight is 349 g/mol. The number of amides is 1. The van der Waals surface area contributed by atoms with Crippen LogP contribution in [0.3, 0.4) is 0 Å². The van der Waals surface area contributed by atoms with Crippen LogP contribution in [0.25, 0.3) is 16.8 Å². The summed E-state index contributed by atoms with van der Waals surface area (Å²) >= 11 is 0. The van der Waals surface area contributed by atoms with Gasteiger partial charge >= 0.3 is 0 Å². The zero-order valence-corrected chi connectivity index (χ0v) is 15.5. The molecule has 2 aromatic carbocycles. The number of methoxy groups -OCH3 is 1. The monoisotopic (exact) mass is 349 g/mol. The normalized spacial score (nSPS) is 11.2. The van der Waals surface area contributed by atoms with E-state index in [1.165, 1.54) is 0 Å². The molecule has 0 unspecified atom stereocenters. The molecule has 3 aromatic rings. The SMILES string of the molecule is COc1ccc(-c2cnn(-c3ccc(NC(=O)C(C)(C)C)cc3)c2)cc1. The highest BCUT2D eigenvalue weighted by Gasteiger charge is 2.21. The van der Waals surface area contributed by atoms with Crippen molar-refractivity contribution in [1.82, 2.24) is 9.78 Å². The molecule has 5 nitrogen and oxygen atoms in total. The number of aromatic nitrogens is 2. The van der Waals surface area contributed by atoms with Gasteiger partial charge in [0.05, 0.1) is 19.0 Å². The number of ether oxygens (including phenoxy) is 1. The van der Waals surface area contributed by atoms with Gasteiger partial charge in [0.2, 0.25) is 5.91 Å². The van der Waals surface area contributed by atoms with E-state index in [0.717, 1.165) is 28.3 Å². The number of hydrogen-bond donors (Lipinski definition) is 1.